The largest absolute Gasteiger partial charge is 0.478 e. The van der Waals surface area contributed by atoms with Gasteiger partial charge in [0.25, 0.3) is 0 Å². The van der Waals surface area contributed by atoms with Gasteiger partial charge in [-0.05, 0) is 12.1 Å². The summed E-state index contributed by atoms with van der Waals surface area (Å²) in [4.78, 5) is 35.4. The van der Waals surface area contributed by atoms with Crippen molar-refractivity contribution in [1.82, 2.24) is 14.9 Å². The summed E-state index contributed by atoms with van der Waals surface area (Å²) in [6.07, 6.45) is 1.42. The van der Waals surface area contributed by atoms with Gasteiger partial charge in [-0.3, -0.25) is 15.0 Å². The van der Waals surface area contributed by atoms with Crippen molar-refractivity contribution in [3.8, 4) is 0 Å². The Kier molecular flexibility index (Phi) is 2.63. The van der Waals surface area contributed by atoms with E-state index in [9.17, 15) is 14.4 Å². The zero-order valence-corrected chi connectivity index (χ0v) is 10.2. The highest BCUT2D eigenvalue weighted by molar-refractivity contribution is 6.05. The summed E-state index contributed by atoms with van der Waals surface area (Å²) in [6.45, 7) is 0.228. The standard InChI is InChI=1S/C12H10N4O4/c17-9-4-5-15(12(20)14-9)10-3-1-2-8-7(11(18)19)6-13-16(8)10/h1-3,6H,4-5H2,(H,18,19)(H,14,17,20). The number of urea groups is 1. The molecule has 0 aromatic carbocycles. The van der Waals surface area contributed by atoms with E-state index in [4.69, 9.17) is 5.11 Å². The summed E-state index contributed by atoms with van der Waals surface area (Å²) in [5.74, 6) is -1.000. The number of aromatic nitrogens is 2. The van der Waals surface area contributed by atoms with E-state index in [0.29, 0.717) is 11.3 Å². The van der Waals surface area contributed by atoms with Crippen molar-refractivity contribution in [3.05, 3.63) is 30.0 Å². The molecule has 1 fully saturated rings. The van der Waals surface area contributed by atoms with E-state index in [0.717, 1.165) is 0 Å². The van der Waals surface area contributed by atoms with Crippen molar-refractivity contribution in [2.24, 2.45) is 0 Å². The van der Waals surface area contributed by atoms with Crippen LogP contribution in [0.2, 0.25) is 0 Å². The average Bonchev–Trinajstić information content (AvgIpc) is 2.82. The van der Waals surface area contributed by atoms with Crippen LogP contribution in [0.4, 0.5) is 10.6 Å². The number of hydrogen-bond donors (Lipinski definition) is 2. The first kappa shape index (κ1) is 12.2. The number of carboxylic acids is 1. The van der Waals surface area contributed by atoms with Crippen LogP contribution in [0.25, 0.3) is 5.52 Å². The van der Waals surface area contributed by atoms with Crippen molar-refractivity contribution in [2.45, 2.75) is 6.42 Å². The number of aromatic carboxylic acids is 1. The molecular formula is C12H10N4O4. The lowest BCUT2D eigenvalue weighted by atomic mass is 10.2. The average molecular weight is 274 g/mol. The highest BCUT2D eigenvalue weighted by atomic mass is 16.4. The Morgan fingerprint density at radius 3 is 2.85 bits per heavy atom. The molecule has 1 aliphatic heterocycles. The molecule has 8 nitrogen and oxygen atoms in total. The van der Waals surface area contributed by atoms with Gasteiger partial charge in [-0.2, -0.15) is 5.10 Å². The molecule has 0 spiro atoms. The second-order valence-electron chi connectivity index (χ2n) is 4.30. The number of anilines is 1. The Hall–Kier alpha value is -2.90. The number of imide groups is 1. The van der Waals surface area contributed by atoms with E-state index in [2.05, 4.69) is 10.4 Å². The van der Waals surface area contributed by atoms with Crippen LogP contribution in [0, 0.1) is 0 Å². The van der Waals surface area contributed by atoms with Gasteiger partial charge in [0.1, 0.15) is 11.4 Å². The molecule has 20 heavy (non-hydrogen) atoms. The summed E-state index contributed by atoms with van der Waals surface area (Å²) >= 11 is 0. The summed E-state index contributed by atoms with van der Waals surface area (Å²) in [7, 11) is 0. The number of carboxylic acid groups (broad SMARTS) is 1. The predicted octanol–water partition coefficient (Wildman–Crippen LogP) is 0.479. The minimum atomic E-state index is -1.09. The van der Waals surface area contributed by atoms with Crippen LogP contribution in [0.5, 0.6) is 0 Å². The molecule has 3 heterocycles. The molecule has 0 atom stereocenters. The van der Waals surface area contributed by atoms with Crippen molar-refractivity contribution in [2.75, 3.05) is 11.4 Å². The van der Waals surface area contributed by atoms with Crippen LogP contribution >= 0.6 is 0 Å². The summed E-state index contributed by atoms with van der Waals surface area (Å²) in [5, 5.41) is 15.3. The van der Waals surface area contributed by atoms with Crippen LogP contribution in [0.1, 0.15) is 16.8 Å². The van der Waals surface area contributed by atoms with Crippen LogP contribution in [-0.4, -0.2) is 39.2 Å². The van der Waals surface area contributed by atoms with E-state index in [1.165, 1.54) is 15.6 Å². The number of carbonyl (C=O) groups excluding carboxylic acids is 2. The maximum absolute atomic E-state index is 11.8. The molecule has 102 valence electrons. The fourth-order valence-electron chi connectivity index (χ4n) is 2.15. The number of hydrogen-bond acceptors (Lipinski definition) is 4. The van der Waals surface area contributed by atoms with E-state index in [-0.39, 0.29) is 24.4 Å². The third-order valence-corrected chi connectivity index (χ3v) is 3.08. The molecule has 0 aliphatic carbocycles. The second-order valence-corrected chi connectivity index (χ2v) is 4.30. The Morgan fingerprint density at radius 1 is 1.35 bits per heavy atom. The third-order valence-electron chi connectivity index (χ3n) is 3.08. The Bertz CT molecular complexity index is 736. The molecule has 3 rings (SSSR count). The minimum Gasteiger partial charge on any atom is -0.478 e. The molecule has 2 N–H and O–H groups in total. The number of nitrogens with zero attached hydrogens (tertiary/aromatic N) is 3. The molecule has 2 aromatic heterocycles. The highest BCUT2D eigenvalue weighted by Gasteiger charge is 2.26. The number of fused-ring (bicyclic) bond motifs is 1. The normalized spacial score (nSPS) is 15.5. The molecule has 3 amide bonds. The van der Waals surface area contributed by atoms with Crippen LogP contribution in [-0.2, 0) is 4.79 Å². The molecular weight excluding hydrogens is 264 g/mol. The van der Waals surface area contributed by atoms with Gasteiger partial charge in [0.15, 0.2) is 0 Å². The number of nitrogens with one attached hydrogen (secondary N) is 1. The first-order chi connectivity index (χ1) is 9.58. The smallest absolute Gasteiger partial charge is 0.339 e. The monoisotopic (exact) mass is 274 g/mol. The zero-order valence-electron chi connectivity index (χ0n) is 10.2. The van der Waals surface area contributed by atoms with Crippen molar-refractivity contribution < 1.29 is 19.5 Å². The lowest BCUT2D eigenvalue weighted by molar-refractivity contribution is -0.120. The number of rotatable bonds is 2. The molecule has 1 aliphatic rings. The lowest BCUT2D eigenvalue weighted by Crippen LogP contribution is -2.50. The summed E-state index contributed by atoms with van der Waals surface area (Å²) in [6, 6.07) is 4.34. The molecule has 0 bridgehead atoms. The van der Waals surface area contributed by atoms with E-state index < -0.39 is 12.0 Å². The molecule has 0 saturated carbocycles. The SMILES string of the molecule is O=C1CCN(c2cccc3c(C(=O)O)cnn23)C(=O)N1. The summed E-state index contributed by atoms with van der Waals surface area (Å²) in [5.41, 5.74) is 0.444. The third kappa shape index (κ3) is 1.78. The van der Waals surface area contributed by atoms with Gasteiger partial charge in [0.2, 0.25) is 5.91 Å². The summed E-state index contributed by atoms with van der Waals surface area (Å²) < 4.78 is 1.37. The fourth-order valence-corrected chi connectivity index (χ4v) is 2.15. The molecule has 2 aromatic rings. The van der Waals surface area contributed by atoms with E-state index >= 15 is 0 Å². The molecule has 0 unspecified atom stereocenters. The maximum atomic E-state index is 11.8. The lowest BCUT2D eigenvalue weighted by Gasteiger charge is -2.26. The maximum Gasteiger partial charge on any atom is 0.339 e. The fraction of sp³-hybridized carbons (Fsp3) is 0.167. The Balaban J connectivity index is 2.10. The zero-order chi connectivity index (χ0) is 14.3. The van der Waals surface area contributed by atoms with Crippen molar-refractivity contribution in [3.63, 3.8) is 0 Å². The molecule has 0 radical (unpaired) electrons. The molecule has 1 saturated heterocycles. The van der Waals surface area contributed by atoms with Crippen molar-refractivity contribution in [1.29, 1.82) is 0 Å². The molecule has 8 heteroatoms. The van der Waals surface area contributed by atoms with Crippen LogP contribution in [0.15, 0.2) is 24.4 Å². The first-order valence-electron chi connectivity index (χ1n) is 5.89. The highest BCUT2D eigenvalue weighted by Crippen LogP contribution is 2.21. The van der Waals surface area contributed by atoms with Gasteiger partial charge in [-0.15, -0.1) is 0 Å². The number of pyridine rings is 1. The predicted molar refractivity (Wildman–Crippen MR) is 67.7 cm³/mol. The number of amides is 3. The second kappa shape index (κ2) is 4.34. The van der Waals surface area contributed by atoms with Gasteiger partial charge in [-0.25, -0.2) is 14.1 Å². The quantitative estimate of drug-likeness (QED) is 0.828. The van der Waals surface area contributed by atoms with Crippen LogP contribution < -0.4 is 10.2 Å². The first-order valence-corrected chi connectivity index (χ1v) is 5.89. The Morgan fingerprint density at radius 2 is 2.15 bits per heavy atom. The minimum absolute atomic E-state index is 0.0559. The number of carbonyl (C=O) groups is 3. The van der Waals surface area contributed by atoms with Gasteiger partial charge in [0, 0.05) is 13.0 Å². The van der Waals surface area contributed by atoms with Gasteiger partial charge in [-0.1, -0.05) is 6.07 Å². The van der Waals surface area contributed by atoms with Gasteiger partial charge in [0.05, 0.1) is 11.7 Å². The Labute approximate surface area is 112 Å². The topological polar surface area (TPSA) is 104 Å². The van der Waals surface area contributed by atoms with Gasteiger partial charge < -0.3 is 5.11 Å². The van der Waals surface area contributed by atoms with Crippen LogP contribution in [0.3, 0.4) is 0 Å². The van der Waals surface area contributed by atoms with Crippen molar-refractivity contribution >= 4 is 29.2 Å². The van der Waals surface area contributed by atoms with Gasteiger partial charge >= 0.3 is 12.0 Å². The van der Waals surface area contributed by atoms with E-state index in [1.54, 1.807) is 18.2 Å². The van der Waals surface area contributed by atoms with E-state index in [1.807, 2.05) is 0 Å².